The Morgan fingerprint density at radius 2 is 1.32 bits per heavy atom. The molecule has 1 fully saturated rings. The average molecular weight is 336 g/mol. The lowest BCUT2D eigenvalue weighted by molar-refractivity contribution is -0.133. The molecule has 4 nitrogen and oxygen atoms in total. The van der Waals surface area contributed by atoms with E-state index in [9.17, 15) is 9.59 Å². The van der Waals surface area contributed by atoms with E-state index in [1.165, 1.54) is 0 Å². The molecular formula is C21H24N2O2. The monoisotopic (exact) mass is 336 g/mol. The molecule has 1 aliphatic rings. The lowest BCUT2D eigenvalue weighted by Crippen LogP contribution is -2.51. The molecule has 1 heterocycles. The largest absolute Gasteiger partial charge is 0.339 e. The van der Waals surface area contributed by atoms with E-state index in [0.29, 0.717) is 19.6 Å². The maximum absolute atomic E-state index is 13.3. The summed E-state index contributed by atoms with van der Waals surface area (Å²) in [7, 11) is 0. The Morgan fingerprint density at radius 1 is 0.840 bits per heavy atom. The highest BCUT2D eigenvalue weighted by Gasteiger charge is 2.29. The highest BCUT2D eigenvalue weighted by molar-refractivity contribution is 5.87. The molecule has 0 unspecified atom stereocenters. The zero-order valence-electron chi connectivity index (χ0n) is 14.6. The van der Waals surface area contributed by atoms with Gasteiger partial charge in [-0.3, -0.25) is 14.5 Å². The zero-order chi connectivity index (χ0) is 17.6. The summed E-state index contributed by atoms with van der Waals surface area (Å²) >= 11 is 0. The Labute approximate surface area is 149 Å². The molecule has 2 aromatic rings. The first-order valence-corrected chi connectivity index (χ1v) is 8.75. The minimum absolute atomic E-state index is 0.139. The van der Waals surface area contributed by atoms with Gasteiger partial charge in [-0.05, 0) is 18.1 Å². The Morgan fingerprint density at radius 3 is 1.76 bits per heavy atom. The lowest BCUT2D eigenvalue weighted by Gasteiger charge is -2.36. The summed E-state index contributed by atoms with van der Waals surface area (Å²) in [4.78, 5) is 28.6. The molecule has 1 saturated heterocycles. The summed E-state index contributed by atoms with van der Waals surface area (Å²) in [5.41, 5.74) is 2.04. The molecule has 0 aliphatic carbocycles. The van der Waals surface area contributed by atoms with Crippen molar-refractivity contribution in [3.05, 3.63) is 71.8 Å². The van der Waals surface area contributed by atoms with Crippen LogP contribution in [0.25, 0.3) is 0 Å². The molecule has 25 heavy (non-hydrogen) atoms. The van der Waals surface area contributed by atoms with Crippen molar-refractivity contribution in [2.75, 3.05) is 32.7 Å². The van der Waals surface area contributed by atoms with E-state index in [-0.39, 0.29) is 17.6 Å². The van der Waals surface area contributed by atoms with Crippen LogP contribution in [0.15, 0.2) is 60.7 Å². The third kappa shape index (κ3) is 4.34. The van der Waals surface area contributed by atoms with Crippen LogP contribution in [-0.2, 0) is 9.59 Å². The summed E-state index contributed by atoms with van der Waals surface area (Å²) < 4.78 is 0. The van der Waals surface area contributed by atoms with E-state index in [0.717, 1.165) is 24.2 Å². The summed E-state index contributed by atoms with van der Waals surface area (Å²) in [5.74, 6) is 0.0351. The van der Waals surface area contributed by atoms with Crippen LogP contribution in [0.1, 0.15) is 24.0 Å². The highest BCUT2D eigenvalue weighted by Crippen LogP contribution is 2.27. The van der Waals surface area contributed by atoms with E-state index in [2.05, 4.69) is 4.90 Å². The third-order valence-corrected chi connectivity index (χ3v) is 4.64. The minimum Gasteiger partial charge on any atom is -0.339 e. The van der Waals surface area contributed by atoms with E-state index in [4.69, 9.17) is 0 Å². The van der Waals surface area contributed by atoms with Crippen LogP contribution in [0, 0.1) is 0 Å². The van der Waals surface area contributed by atoms with Gasteiger partial charge in [0, 0.05) is 26.2 Å². The van der Waals surface area contributed by atoms with Gasteiger partial charge >= 0.3 is 0 Å². The summed E-state index contributed by atoms with van der Waals surface area (Å²) in [6.45, 7) is 4.93. The van der Waals surface area contributed by atoms with Gasteiger partial charge in [0.25, 0.3) is 0 Å². The van der Waals surface area contributed by atoms with Crippen molar-refractivity contribution in [2.45, 2.75) is 12.8 Å². The van der Waals surface area contributed by atoms with Gasteiger partial charge in [0.05, 0.1) is 12.5 Å². The number of benzene rings is 2. The molecule has 130 valence electrons. The predicted molar refractivity (Wildman–Crippen MR) is 98.4 cm³/mol. The molecule has 0 bridgehead atoms. The molecule has 0 spiro atoms. The van der Waals surface area contributed by atoms with Crippen molar-refractivity contribution >= 4 is 11.7 Å². The van der Waals surface area contributed by atoms with Crippen molar-refractivity contribution in [3.63, 3.8) is 0 Å². The fourth-order valence-electron chi connectivity index (χ4n) is 3.39. The summed E-state index contributed by atoms with van der Waals surface area (Å²) in [6, 6.07) is 19.9. The standard InChI is InChI=1S/C21H24N2O2/c1-17(24)16-22-12-14-23(15-13-22)21(25)20(18-8-4-2-5-9-18)19-10-6-3-7-11-19/h2-11,20H,12-16H2,1H3. The van der Waals surface area contributed by atoms with Crippen LogP contribution in [0.5, 0.6) is 0 Å². The van der Waals surface area contributed by atoms with E-state index in [1.54, 1.807) is 6.92 Å². The summed E-state index contributed by atoms with van der Waals surface area (Å²) in [6.07, 6.45) is 0. The molecule has 2 aromatic carbocycles. The van der Waals surface area contributed by atoms with Gasteiger partial charge in [-0.25, -0.2) is 0 Å². The Balaban J connectivity index is 1.78. The second kappa shape index (κ2) is 8.08. The molecule has 1 aliphatic heterocycles. The first kappa shape index (κ1) is 17.4. The Hall–Kier alpha value is -2.46. The molecule has 4 heteroatoms. The van der Waals surface area contributed by atoms with Crippen molar-refractivity contribution in [1.82, 2.24) is 9.80 Å². The molecule has 0 saturated carbocycles. The molecule has 0 atom stereocenters. The number of piperazine rings is 1. The molecular weight excluding hydrogens is 312 g/mol. The smallest absolute Gasteiger partial charge is 0.234 e. The van der Waals surface area contributed by atoms with Crippen LogP contribution >= 0.6 is 0 Å². The maximum atomic E-state index is 13.3. The second-order valence-electron chi connectivity index (χ2n) is 6.56. The van der Waals surface area contributed by atoms with Gasteiger partial charge in [0.1, 0.15) is 5.78 Å². The Bertz CT molecular complexity index is 668. The van der Waals surface area contributed by atoms with Crippen LogP contribution in [0.2, 0.25) is 0 Å². The molecule has 3 rings (SSSR count). The van der Waals surface area contributed by atoms with Gasteiger partial charge in [0.2, 0.25) is 5.91 Å². The SMILES string of the molecule is CC(=O)CN1CCN(C(=O)C(c2ccccc2)c2ccccc2)CC1. The third-order valence-electron chi connectivity index (χ3n) is 4.64. The van der Waals surface area contributed by atoms with Crippen LogP contribution in [-0.4, -0.2) is 54.2 Å². The molecule has 0 radical (unpaired) electrons. The van der Waals surface area contributed by atoms with Gasteiger partial charge in [-0.15, -0.1) is 0 Å². The zero-order valence-corrected chi connectivity index (χ0v) is 14.6. The van der Waals surface area contributed by atoms with E-state index >= 15 is 0 Å². The number of Topliss-reactive ketones (excluding diaryl/α,β-unsaturated/α-hetero) is 1. The van der Waals surface area contributed by atoms with Crippen LogP contribution in [0.3, 0.4) is 0 Å². The molecule has 0 aromatic heterocycles. The quantitative estimate of drug-likeness (QED) is 0.842. The van der Waals surface area contributed by atoms with Crippen molar-refractivity contribution in [2.24, 2.45) is 0 Å². The summed E-state index contributed by atoms with van der Waals surface area (Å²) in [5, 5.41) is 0. The second-order valence-corrected chi connectivity index (χ2v) is 6.56. The minimum atomic E-state index is -0.276. The normalized spacial score (nSPS) is 15.4. The number of carbonyl (C=O) groups excluding carboxylic acids is 2. The molecule has 1 amide bonds. The average Bonchev–Trinajstić information content (AvgIpc) is 2.64. The first-order valence-electron chi connectivity index (χ1n) is 8.75. The topological polar surface area (TPSA) is 40.6 Å². The van der Waals surface area contributed by atoms with Crippen LogP contribution < -0.4 is 0 Å². The predicted octanol–water partition coefficient (Wildman–Crippen LogP) is 2.55. The van der Waals surface area contributed by atoms with Crippen LogP contribution in [0.4, 0.5) is 0 Å². The number of nitrogens with zero attached hydrogens (tertiary/aromatic N) is 2. The van der Waals surface area contributed by atoms with Gasteiger partial charge in [-0.1, -0.05) is 60.7 Å². The fraction of sp³-hybridized carbons (Fsp3) is 0.333. The lowest BCUT2D eigenvalue weighted by atomic mass is 9.90. The van der Waals surface area contributed by atoms with Crippen molar-refractivity contribution in [3.8, 4) is 0 Å². The number of ketones is 1. The first-order chi connectivity index (χ1) is 12.1. The number of rotatable bonds is 5. The van der Waals surface area contributed by atoms with Crippen molar-refractivity contribution < 1.29 is 9.59 Å². The van der Waals surface area contributed by atoms with E-state index in [1.807, 2.05) is 65.6 Å². The molecule has 0 N–H and O–H groups in total. The van der Waals surface area contributed by atoms with E-state index < -0.39 is 0 Å². The van der Waals surface area contributed by atoms with Gasteiger partial charge in [0.15, 0.2) is 0 Å². The maximum Gasteiger partial charge on any atom is 0.234 e. The van der Waals surface area contributed by atoms with Gasteiger partial charge in [-0.2, -0.15) is 0 Å². The van der Waals surface area contributed by atoms with Crippen molar-refractivity contribution in [1.29, 1.82) is 0 Å². The highest BCUT2D eigenvalue weighted by atomic mass is 16.2. The number of amides is 1. The Kier molecular flexibility index (Phi) is 5.61. The van der Waals surface area contributed by atoms with Gasteiger partial charge < -0.3 is 4.90 Å². The number of hydrogen-bond acceptors (Lipinski definition) is 3. The number of hydrogen-bond donors (Lipinski definition) is 0. The number of carbonyl (C=O) groups is 2. The fourth-order valence-corrected chi connectivity index (χ4v) is 3.39.